The number of allylic oxidation sites excluding steroid dienone is 1. The number of ketones is 2. The van der Waals surface area contributed by atoms with E-state index in [4.69, 9.17) is 14.2 Å². The van der Waals surface area contributed by atoms with E-state index in [2.05, 4.69) is 6.58 Å². The maximum atomic E-state index is 12.1. The van der Waals surface area contributed by atoms with Crippen molar-refractivity contribution in [2.45, 2.75) is 32.6 Å². The first-order valence-electron chi connectivity index (χ1n) is 7.69. The Morgan fingerprint density at radius 1 is 1.43 bits per heavy atom. The smallest absolute Gasteiger partial charge is 0.207 e. The topological polar surface area (TPSA) is 61.8 Å². The average molecular weight is 318 g/mol. The average Bonchev–Trinajstić information content (AvgIpc) is 2.90. The van der Waals surface area contributed by atoms with Crippen LogP contribution in [0.25, 0.3) is 0 Å². The number of carbonyl (C=O) groups is 2. The second kappa shape index (κ2) is 7.92. The van der Waals surface area contributed by atoms with Gasteiger partial charge in [-0.1, -0.05) is 6.08 Å². The number of carbonyl (C=O) groups excluding carboxylic acids is 2. The number of fused-ring (bicyclic) bond motifs is 1. The second-order valence-electron chi connectivity index (χ2n) is 5.46. The number of benzene rings is 1. The summed E-state index contributed by atoms with van der Waals surface area (Å²) in [4.78, 5) is 24.1. The van der Waals surface area contributed by atoms with Gasteiger partial charge in [0.15, 0.2) is 19.2 Å². The fourth-order valence-electron chi connectivity index (χ4n) is 2.70. The van der Waals surface area contributed by atoms with E-state index < -0.39 is 0 Å². The van der Waals surface area contributed by atoms with Crippen LogP contribution in [-0.2, 0) is 11.2 Å². The molecule has 0 radical (unpaired) electrons. The van der Waals surface area contributed by atoms with E-state index in [9.17, 15) is 9.59 Å². The third-order valence-corrected chi connectivity index (χ3v) is 3.77. The zero-order valence-electron chi connectivity index (χ0n) is 13.6. The third kappa shape index (κ3) is 3.79. The van der Waals surface area contributed by atoms with E-state index in [0.29, 0.717) is 29.0 Å². The van der Waals surface area contributed by atoms with Crippen LogP contribution < -0.4 is 9.47 Å². The van der Waals surface area contributed by atoms with Crippen LogP contribution in [0.15, 0.2) is 18.7 Å². The Morgan fingerprint density at radius 2 is 2.22 bits per heavy atom. The Morgan fingerprint density at radius 3 is 2.87 bits per heavy atom. The summed E-state index contributed by atoms with van der Waals surface area (Å²) < 4.78 is 16.0. The maximum Gasteiger partial charge on any atom is 0.207 e. The van der Waals surface area contributed by atoms with Gasteiger partial charge in [0, 0.05) is 18.2 Å². The van der Waals surface area contributed by atoms with Crippen LogP contribution in [0.3, 0.4) is 0 Å². The molecule has 1 aliphatic heterocycles. The van der Waals surface area contributed by atoms with Gasteiger partial charge in [-0.3, -0.25) is 9.59 Å². The molecule has 1 aliphatic rings. The Balaban J connectivity index is 2.45. The molecule has 0 unspecified atom stereocenters. The molecule has 0 spiro atoms. The number of rotatable bonds is 9. The number of unbranched alkanes of at least 4 members (excludes halogenated alkanes) is 2. The quantitative estimate of drug-likeness (QED) is 0.302. The van der Waals surface area contributed by atoms with E-state index in [1.807, 2.05) is 6.08 Å². The Hall–Kier alpha value is -2.14. The minimum Gasteiger partial charge on any atom is -0.485 e. The predicted octanol–water partition coefficient (Wildman–Crippen LogP) is 3.35. The molecule has 1 aromatic carbocycles. The van der Waals surface area contributed by atoms with Crippen molar-refractivity contribution < 1.29 is 23.8 Å². The highest BCUT2D eigenvalue weighted by molar-refractivity contribution is 6.07. The normalized spacial score (nSPS) is 12.7. The van der Waals surface area contributed by atoms with Crippen molar-refractivity contribution in [2.75, 3.05) is 20.5 Å². The molecule has 1 aromatic rings. The molecule has 2 rings (SSSR count). The Kier molecular flexibility index (Phi) is 5.93. The van der Waals surface area contributed by atoms with E-state index in [1.165, 1.54) is 14.0 Å². The second-order valence-corrected chi connectivity index (χ2v) is 5.46. The van der Waals surface area contributed by atoms with Gasteiger partial charge in [0.05, 0.1) is 0 Å². The summed E-state index contributed by atoms with van der Waals surface area (Å²) in [5.41, 5.74) is 1.73. The van der Waals surface area contributed by atoms with Gasteiger partial charge in [-0.05, 0) is 38.7 Å². The van der Waals surface area contributed by atoms with Crippen molar-refractivity contribution in [3.05, 3.63) is 35.4 Å². The molecule has 23 heavy (non-hydrogen) atoms. The van der Waals surface area contributed by atoms with Crippen molar-refractivity contribution in [1.29, 1.82) is 0 Å². The van der Waals surface area contributed by atoms with Gasteiger partial charge in [0.25, 0.3) is 0 Å². The van der Waals surface area contributed by atoms with Crippen LogP contribution in [0.2, 0.25) is 0 Å². The van der Waals surface area contributed by atoms with E-state index in [-0.39, 0.29) is 25.0 Å². The predicted molar refractivity (Wildman–Crippen MR) is 86.5 cm³/mol. The Labute approximate surface area is 136 Å². The van der Waals surface area contributed by atoms with Crippen LogP contribution in [0.4, 0.5) is 0 Å². The standard InChI is InChI=1S/C18H22O5/c1-4-5-6-7-8-13-14(12(2)19)9-16-17(15(20)10-22-16)18(13)23-11-21-3/h4,9H,1,5-8,10-11H2,2-3H3. The molecule has 0 fully saturated rings. The van der Waals surface area contributed by atoms with Crippen LogP contribution >= 0.6 is 0 Å². The lowest BCUT2D eigenvalue weighted by Crippen LogP contribution is -2.10. The number of ether oxygens (including phenoxy) is 3. The number of Topliss-reactive ketones (excluding diaryl/α,β-unsaturated/α-hetero) is 2. The maximum absolute atomic E-state index is 12.1. The molecular formula is C18H22O5. The largest absolute Gasteiger partial charge is 0.485 e. The number of hydrogen-bond donors (Lipinski definition) is 0. The van der Waals surface area contributed by atoms with Crippen molar-refractivity contribution in [3.8, 4) is 11.5 Å². The summed E-state index contributed by atoms with van der Waals surface area (Å²) in [7, 11) is 1.51. The first-order valence-corrected chi connectivity index (χ1v) is 7.69. The van der Waals surface area contributed by atoms with Crippen LogP contribution in [-0.4, -0.2) is 32.1 Å². The van der Waals surface area contributed by atoms with Crippen LogP contribution in [0.1, 0.15) is 52.5 Å². The molecule has 1 heterocycles. The summed E-state index contributed by atoms with van der Waals surface area (Å²) in [5, 5.41) is 0. The molecule has 124 valence electrons. The molecule has 0 amide bonds. The lowest BCUT2D eigenvalue weighted by atomic mass is 9.93. The van der Waals surface area contributed by atoms with Crippen molar-refractivity contribution in [1.82, 2.24) is 0 Å². The molecule has 0 saturated heterocycles. The molecular weight excluding hydrogens is 296 g/mol. The molecule has 0 atom stereocenters. The first kappa shape index (κ1) is 17.2. The van der Waals surface area contributed by atoms with Gasteiger partial charge >= 0.3 is 0 Å². The highest BCUT2D eigenvalue weighted by atomic mass is 16.7. The van der Waals surface area contributed by atoms with Gasteiger partial charge in [0.1, 0.15) is 17.1 Å². The summed E-state index contributed by atoms with van der Waals surface area (Å²) in [6.45, 7) is 5.21. The van der Waals surface area contributed by atoms with Crippen molar-refractivity contribution in [3.63, 3.8) is 0 Å². The molecule has 0 aromatic heterocycles. The van der Waals surface area contributed by atoms with Gasteiger partial charge in [-0.2, -0.15) is 0 Å². The number of methoxy groups -OCH3 is 1. The molecule has 0 N–H and O–H groups in total. The van der Waals surface area contributed by atoms with E-state index in [0.717, 1.165) is 24.8 Å². The van der Waals surface area contributed by atoms with Gasteiger partial charge in [0.2, 0.25) is 5.78 Å². The lowest BCUT2D eigenvalue weighted by molar-refractivity contribution is 0.0495. The Bertz CT molecular complexity index is 618. The SMILES string of the molecule is C=CCCCCc1c(C(C)=O)cc2c(c1OCOC)C(=O)CO2. The summed E-state index contributed by atoms with van der Waals surface area (Å²) in [6.07, 6.45) is 5.28. The monoisotopic (exact) mass is 318 g/mol. The van der Waals surface area contributed by atoms with Crippen molar-refractivity contribution >= 4 is 11.6 Å². The zero-order valence-corrected chi connectivity index (χ0v) is 13.6. The molecule has 0 saturated carbocycles. The first-order chi connectivity index (χ1) is 11.1. The molecule has 0 aliphatic carbocycles. The highest BCUT2D eigenvalue weighted by Gasteiger charge is 2.31. The number of hydrogen-bond acceptors (Lipinski definition) is 5. The van der Waals surface area contributed by atoms with E-state index >= 15 is 0 Å². The molecule has 5 heteroatoms. The van der Waals surface area contributed by atoms with Gasteiger partial charge in [-0.15, -0.1) is 6.58 Å². The minimum absolute atomic E-state index is 0.0146. The summed E-state index contributed by atoms with van der Waals surface area (Å²) >= 11 is 0. The fraction of sp³-hybridized carbons (Fsp3) is 0.444. The van der Waals surface area contributed by atoms with E-state index in [1.54, 1.807) is 6.07 Å². The fourth-order valence-corrected chi connectivity index (χ4v) is 2.70. The van der Waals surface area contributed by atoms with Crippen molar-refractivity contribution in [2.24, 2.45) is 0 Å². The zero-order chi connectivity index (χ0) is 16.8. The van der Waals surface area contributed by atoms with Gasteiger partial charge in [-0.25, -0.2) is 0 Å². The summed E-state index contributed by atoms with van der Waals surface area (Å²) in [6, 6.07) is 1.66. The molecule has 0 bridgehead atoms. The lowest BCUT2D eigenvalue weighted by Gasteiger charge is -2.17. The summed E-state index contributed by atoms with van der Waals surface area (Å²) in [5.74, 6) is 0.641. The molecule has 5 nitrogen and oxygen atoms in total. The minimum atomic E-state index is -0.131. The van der Waals surface area contributed by atoms with Gasteiger partial charge < -0.3 is 14.2 Å². The third-order valence-electron chi connectivity index (χ3n) is 3.77. The van der Waals surface area contributed by atoms with Crippen LogP contribution in [0, 0.1) is 0 Å². The van der Waals surface area contributed by atoms with Crippen LogP contribution in [0.5, 0.6) is 11.5 Å². The highest BCUT2D eigenvalue weighted by Crippen LogP contribution is 2.40.